The molecule has 3 nitrogen and oxygen atoms in total. The van der Waals surface area contributed by atoms with Crippen LogP contribution in [-0.2, 0) is 10.1 Å². The van der Waals surface area contributed by atoms with Crippen molar-refractivity contribution in [3.63, 3.8) is 0 Å². The molecule has 0 aromatic carbocycles. The molecule has 0 spiro atoms. The van der Waals surface area contributed by atoms with Gasteiger partial charge in [0.2, 0.25) is 0 Å². The maximum Gasteiger partial charge on any atom is 0.267 e. The Morgan fingerprint density at radius 2 is 1.87 bits per heavy atom. The Morgan fingerprint density at radius 3 is 2.40 bits per heavy atom. The van der Waals surface area contributed by atoms with Crippen LogP contribution in [0.25, 0.3) is 0 Å². The topological polar surface area (TPSA) is 54.4 Å². The van der Waals surface area contributed by atoms with Crippen LogP contribution in [0, 0.1) is 5.92 Å². The number of halogens is 1. The predicted octanol–water partition coefficient (Wildman–Crippen LogP) is 2.57. The third kappa shape index (κ3) is 6.10. The molecular formula is C10H19FO3S. The molecule has 0 aromatic heterocycles. The molecule has 1 unspecified atom stereocenters. The van der Waals surface area contributed by atoms with E-state index in [1.54, 1.807) is 0 Å². The minimum atomic E-state index is -4.15. The number of hydrogen-bond acceptors (Lipinski definition) is 2. The Hall–Kier alpha value is -0.160. The average molecular weight is 238 g/mol. The molecule has 15 heavy (non-hydrogen) atoms. The molecule has 0 saturated heterocycles. The summed E-state index contributed by atoms with van der Waals surface area (Å²) in [7, 11) is -4.15. The van der Waals surface area contributed by atoms with Crippen molar-refractivity contribution in [3.05, 3.63) is 0 Å². The van der Waals surface area contributed by atoms with Crippen molar-refractivity contribution in [2.75, 3.05) is 5.75 Å². The average Bonchev–Trinajstić information content (AvgIpc) is 2.14. The van der Waals surface area contributed by atoms with Crippen molar-refractivity contribution in [1.82, 2.24) is 0 Å². The summed E-state index contributed by atoms with van der Waals surface area (Å²) in [5.41, 5.74) is 0. The van der Waals surface area contributed by atoms with Crippen LogP contribution in [0.3, 0.4) is 0 Å². The largest absolute Gasteiger partial charge is 0.285 e. The van der Waals surface area contributed by atoms with Crippen LogP contribution < -0.4 is 0 Å². The van der Waals surface area contributed by atoms with Crippen LogP contribution >= 0.6 is 0 Å². The van der Waals surface area contributed by atoms with Crippen LogP contribution in [0.2, 0.25) is 0 Å². The third-order valence-corrected chi connectivity index (χ3v) is 3.79. The van der Waals surface area contributed by atoms with Gasteiger partial charge in [-0.3, -0.25) is 4.55 Å². The molecule has 5 heteroatoms. The van der Waals surface area contributed by atoms with Gasteiger partial charge in [-0.05, 0) is 18.8 Å². The highest BCUT2D eigenvalue weighted by Gasteiger charge is 2.19. The number of alkyl halides is 1. The first-order valence-electron chi connectivity index (χ1n) is 5.56. The van der Waals surface area contributed by atoms with Gasteiger partial charge in [-0.25, -0.2) is 4.39 Å². The first-order chi connectivity index (χ1) is 6.97. The van der Waals surface area contributed by atoms with E-state index in [-0.39, 0.29) is 6.42 Å². The fourth-order valence-corrected chi connectivity index (χ4v) is 2.83. The Balaban J connectivity index is 2.18. The molecule has 1 saturated carbocycles. The van der Waals surface area contributed by atoms with E-state index in [1.807, 2.05) is 0 Å². The van der Waals surface area contributed by atoms with Crippen molar-refractivity contribution in [1.29, 1.82) is 0 Å². The predicted molar refractivity (Wildman–Crippen MR) is 57.1 cm³/mol. The molecule has 1 aliphatic rings. The minimum absolute atomic E-state index is 0.254. The van der Waals surface area contributed by atoms with E-state index in [0.717, 1.165) is 19.3 Å². The van der Waals surface area contributed by atoms with Crippen LogP contribution in [0.15, 0.2) is 0 Å². The smallest absolute Gasteiger partial charge is 0.267 e. The lowest BCUT2D eigenvalue weighted by Gasteiger charge is -2.21. The second kappa shape index (κ2) is 5.80. The van der Waals surface area contributed by atoms with E-state index in [9.17, 15) is 12.8 Å². The van der Waals surface area contributed by atoms with Gasteiger partial charge in [0, 0.05) is 0 Å². The van der Waals surface area contributed by atoms with Gasteiger partial charge in [-0.1, -0.05) is 32.1 Å². The summed E-state index contributed by atoms with van der Waals surface area (Å²) in [5.74, 6) is -0.196. The second-order valence-electron chi connectivity index (χ2n) is 4.43. The summed E-state index contributed by atoms with van der Waals surface area (Å²) in [5, 5.41) is 0. The molecule has 1 fully saturated rings. The molecule has 0 amide bonds. The molecule has 1 rings (SSSR count). The Kier molecular flexibility index (Phi) is 4.99. The second-order valence-corrected chi connectivity index (χ2v) is 5.92. The van der Waals surface area contributed by atoms with Crippen molar-refractivity contribution in [2.24, 2.45) is 5.92 Å². The van der Waals surface area contributed by atoms with E-state index in [4.69, 9.17) is 4.55 Å². The Labute approximate surface area is 90.8 Å². The van der Waals surface area contributed by atoms with Crippen molar-refractivity contribution in [2.45, 2.75) is 51.1 Å². The van der Waals surface area contributed by atoms with Crippen molar-refractivity contribution in [3.8, 4) is 0 Å². The molecule has 0 heterocycles. The van der Waals surface area contributed by atoms with Gasteiger partial charge < -0.3 is 0 Å². The number of rotatable bonds is 5. The molecule has 1 aliphatic carbocycles. The highest BCUT2D eigenvalue weighted by molar-refractivity contribution is 7.85. The van der Waals surface area contributed by atoms with Gasteiger partial charge in [0.15, 0.2) is 0 Å². The standard InChI is InChI=1S/C10H19FO3S/c11-10(8-15(12,13)14)7-6-9-4-2-1-3-5-9/h9-10H,1-8H2,(H,12,13,14). The fraction of sp³-hybridized carbons (Fsp3) is 1.00. The Bertz CT molecular complexity index is 270. The maximum absolute atomic E-state index is 13.1. The first kappa shape index (κ1) is 12.9. The molecule has 0 aliphatic heterocycles. The highest BCUT2D eigenvalue weighted by atomic mass is 32.2. The molecule has 0 aromatic rings. The van der Waals surface area contributed by atoms with E-state index < -0.39 is 22.0 Å². The normalized spacial score (nSPS) is 21.5. The lowest BCUT2D eigenvalue weighted by atomic mass is 9.86. The van der Waals surface area contributed by atoms with Gasteiger partial charge in [0.25, 0.3) is 10.1 Å². The summed E-state index contributed by atoms with van der Waals surface area (Å²) < 4.78 is 42.4. The van der Waals surface area contributed by atoms with Gasteiger partial charge >= 0.3 is 0 Å². The van der Waals surface area contributed by atoms with Crippen LogP contribution in [0.4, 0.5) is 4.39 Å². The number of hydrogen-bond donors (Lipinski definition) is 1. The van der Waals surface area contributed by atoms with Gasteiger partial charge in [0.05, 0.1) is 0 Å². The zero-order valence-corrected chi connectivity index (χ0v) is 9.68. The minimum Gasteiger partial charge on any atom is -0.285 e. The quantitative estimate of drug-likeness (QED) is 0.749. The lowest BCUT2D eigenvalue weighted by Crippen LogP contribution is -2.18. The Morgan fingerprint density at radius 1 is 1.27 bits per heavy atom. The van der Waals surface area contributed by atoms with Gasteiger partial charge in [0.1, 0.15) is 11.9 Å². The van der Waals surface area contributed by atoms with Gasteiger partial charge in [-0.2, -0.15) is 8.42 Å². The van der Waals surface area contributed by atoms with E-state index in [1.165, 1.54) is 19.3 Å². The zero-order chi connectivity index (χ0) is 11.3. The molecule has 0 radical (unpaired) electrons. The summed E-state index contributed by atoms with van der Waals surface area (Å²) in [6.07, 6.45) is 5.54. The van der Waals surface area contributed by atoms with Crippen LogP contribution in [0.5, 0.6) is 0 Å². The highest BCUT2D eigenvalue weighted by Crippen LogP contribution is 2.28. The maximum atomic E-state index is 13.1. The SMILES string of the molecule is O=S(=O)(O)CC(F)CCC1CCCCC1. The monoisotopic (exact) mass is 238 g/mol. The molecule has 1 N–H and O–H groups in total. The summed E-state index contributed by atoms with van der Waals surface area (Å²) in [6.45, 7) is 0. The molecule has 90 valence electrons. The molecule has 0 bridgehead atoms. The fourth-order valence-electron chi connectivity index (χ4n) is 2.20. The summed E-state index contributed by atoms with van der Waals surface area (Å²) >= 11 is 0. The molecular weight excluding hydrogens is 219 g/mol. The van der Waals surface area contributed by atoms with E-state index in [0.29, 0.717) is 5.92 Å². The van der Waals surface area contributed by atoms with Gasteiger partial charge in [-0.15, -0.1) is 0 Å². The first-order valence-corrected chi connectivity index (χ1v) is 7.17. The third-order valence-electron chi connectivity index (χ3n) is 3.00. The van der Waals surface area contributed by atoms with Crippen LogP contribution in [-0.4, -0.2) is 24.9 Å². The molecule has 1 atom stereocenters. The van der Waals surface area contributed by atoms with E-state index in [2.05, 4.69) is 0 Å². The van der Waals surface area contributed by atoms with Crippen molar-refractivity contribution < 1.29 is 17.4 Å². The van der Waals surface area contributed by atoms with Crippen molar-refractivity contribution >= 4 is 10.1 Å². The van der Waals surface area contributed by atoms with E-state index >= 15 is 0 Å². The summed E-state index contributed by atoms with van der Waals surface area (Å²) in [4.78, 5) is 0. The summed E-state index contributed by atoms with van der Waals surface area (Å²) in [6, 6.07) is 0. The van der Waals surface area contributed by atoms with Crippen LogP contribution in [0.1, 0.15) is 44.9 Å². The lowest BCUT2D eigenvalue weighted by molar-refractivity contribution is 0.272. The zero-order valence-electron chi connectivity index (χ0n) is 8.86.